The zero-order chi connectivity index (χ0) is 16.5. The Bertz CT molecular complexity index is 394. The molecular formula is C14H27N5O3. The van der Waals surface area contributed by atoms with Gasteiger partial charge in [0.15, 0.2) is 0 Å². The van der Waals surface area contributed by atoms with Crippen LogP contribution in [-0.4, -0.2) is 80.0 Å². The molecule has 8 heteroatoms. The molecule has 0 aliphatic carbocycles. The SMILES string of the molecule is CCCNC(=O)CN1CCN(C(C)C(=O)NC(=O)NC)CC1. The molecule has 0 spiro atoms. The van der Waals surface area contributed by atoms with Gasteiger partial charge in [0.05, 0.1) is 12.6 Å². The standard InChI is InChI=1S/C14H27N5O3/c1-4-5-16-12(20)10-18-6-8-19(9-7-18)11(2)13(21)17-14(22)15-3/h11H,4-10H2,1-3H3,(H,16,20)(H2,15,17,21,22). The number of imide groups is 1. The van der Waals surface area contributed by atoms with Gasteiger partial charge in [0.25, 0.3) is 0 Å². The van der Waals surface area contributed by atoms with Crippen LogP contribution in [0.4, 0.5) is 4.79 Å². The Hall–Kier alpha value is -1.67. The molecule has 0 bridgehead atoms. The summed E-state index contributed by atoms with van der Waals surface area (Å²) in [4.78, 5) is 38.8. The summed E-state index contributed by atoms with van der Waals surface area (Å²) in [5.74, 6) is -0.269. The van der Waals surface area contributed by atoms with Crippen molar-refractivity contribution in [1.82, 2.24) is 25.8 Å². The molecule has 0 saturated carbocycles. The summed E-state index contributed by atoms with van der Waals surface area (Å²) in [5, 5.41) is 7.50. The normalized spacial score (nSPS) is 17.6. The van der Waals surface area contributed by atoms with E-state index in [1.165, 1.54) is 7.05 Å². The summed E-state index contributed by atoms with van der Waals surface area (Å²) in [5.41, 5.74) is 0. The average molecular weight is 313 g/mol. The van der Waals surface area contributed by atoms with Crippen LogP contribution in [0.5, 0.6) is 0 Å². The molecule has 8 nitrogen and oxygen atoms in total. The molecular weight excluding hydrogens is 286 g/mol. The minimum atomic E-state index is -0.497. The second kappa shape index (κ2) is 9.37. The highest BCUT2D eigenvalue weighted by atomic mass is 16.2. The lowest BCUT2D eigenvalue weighted by molar-refractivity contribution is -0.127. The molecule has 3 N–H and O–H groups in total. The minimum Gasteiger partial charge on any atom is -0.355 e. The van der Waals surface area contributed by atoms with E-state index in [4.69, 9.17) is 0 Å². The van der Waals surface area contributed by atoms with E-state index in [9.17, 15) is 14.4 Å². The van der Waals surface area contributed by atoms with Crippen molar-refractivity contribution in [2.45, 2.75) is 26.3 Å². The quantitative estimate of drug-likeness (QED) is 0.583. The molecule has 1 unspecified atom stereocenters. The molecule has 1 aliphatic heterocycles. The third-order valence-electron chi connectivity index (χ3n) is 3.74. The Kier molecular flexibility index (Phi) is 7.83. The highest BCUT2D eigenvalue weighted by Gasteiger charge is 2.26. The summed E-state index contributed by atoms with van der Waals surface area (Å²) < 4.78 is 0. The monoisotopic (exact) mass is 313 g/mol. The van der Waals surface area contributed by atoms with Crippen LogP contribution in [-0.2, 0) is 9.59 Å². The van der Waals surface area contributed by atoms with E-state index in [0.717, 1.165) is 19.5 Å². The van der Waals surface area contributed by atoms with Crippen LogP contribution in [0.25, 0.3) is 0 Å². The number of nitrogens with one attached hydrogen (secondary N) is 3. The second-order valence-electron chi connectivity index (χ2n) is 5.41. The first-order valence-corrected chi connectivity index (χ1v) is 7.73. The Morgan fingerprint density at radius 2 is 1.77 bits per heavy atom. The Balaban J connectivity index is 2.33. The third kappa shape index (κ3) is 5.98. The number of piperazine rings is 1. The maximum absolute atomic E-state index is 11.9. The van der Waals surface area contributed by atoms with Gasteiger partial charge in [0.1, 0.15) is 0 Å². The fraction of sp³-hybridized carbons (Fsp3) is 0.786. The molecule has 22 heavy (non-hydrogen) atoms. The maximum Gasteiger partial charge on any atom is 0.321 e. The van der Waals surface area contributed by atoms with Crippen LogP contribution in [0.1, 0.15) is 20.3 Å². The summed E-state index contributed by atoms with van der Waals surface area (Å²) in [6.07, 6.45) is 0.928. The highest BCUT2D eigenvalue weighted by molar-refractivity contribution is 5.96. The molecule has 1 heterocycles. The lowest BCUT2D eigenvalue weighted by Gasteiger charge is -2.36. The van der Waals surface area contributed by atoms with Gasteiger partial charge in [-0.3, -0.25) is 24.7 Å². The van der Waals surface area contributed by atoms with Crippen molar-refractivity contribution >= 4 is 17.8 Å². The lowest BCUT2D eigenvalue weighted by atomic mass is 10.2. The van der Waals surface area contributed by atoms with Crippen molar-refractivity contribution in [1.29, 1.82) is 0 Å². The van der Waals surface area contributed by atoms with Gasteiger partial charge in [0, 0.05) is 39.8 Å². The van der Waals surface area contributed by atoms with E-state index < -0.39 is 6.03 Å². The van der Waals surface area contributed by atoms with Gasteiger partial charge in [-0.15, -0.1) is 0 Å². The minimum absolute atomic E-state index is 0.0423. The van der Waals surface area contributed by atoms with Crippen molar-refractivity contribution in [2.24, 2.45) is 0 Å². The van der Waals surface area contributed by atoms with Crippen molar-refractivity contribution in [3.05, 3.63) is 0 Å². The molecule has 0 aromatic heterocycles. The zero-order valence-corrected chi connectivity index (χ0v) is 13.6. The largest absolute Gasteiger partial charge is 0.355 e. The van der Waals surface area contributed by atoms with Gasteiger partial charge >= 0.3 is 6.03 Å². The van der Waals surface area contributed by atoms with Gasteiger partial charge in [-0.25, -0.2) is 4.79 Å². The Morgan fingerprint density at radius 3 is 2.32 bits per heavy atom. The lowest BCUT2D eigenvalue weighted by Crippen LogP contribution is -2.56. The number of urea groups is 1. The fourth-order valence-electron chi connectivity index (χ4n) is 2.28. The van der Waals surface area contributed by atoms with Crippen LogP contribution in [0.3, 0.4) is 0 Å². The van der Waals surface area contributed by atoms with Crippen LogP contribution >= 0.6 is 0 Å². The van der Waals surface area contributed by atoms with Gasteiger partial charge in [0.2, 0.25) is 11.8 Å². The van der Waals surface area contributed by atoms with E-state index in [2.05, 4.69) is 20.9 Å². The summed E-state index contributed by atoms with van der Waals surface area (Å²) >= 11 is 0. The summed E-state index contributed by atoms with van der Waals surface area (Å²) in [6, 6.07) is -0.864. The van der Waals surface area contributed by atoms with Gasteiger partial charge in [-0.05, 0) is 13.3 Å². The van der Waals surface area contributed by atoms with Crippen LogP contribution in [0, 0.1) is 0 Å². The van der Waals surface area contributed by atoms with Crippen LogP contribution < -0.4 is 16.0 Å². The molecule has 1 atom stereocenters. The first-order chi connectivity index (χ1) is 10.5. The van der Waals surface area contributed by atoms with Crippen molar-refractivity contribution in [3.63, 3.8) is 0 Å². The topological polar surface area (TPSA) is 93.8 Å². The number of carbonyl (C=O) groups is 3. The molecule has 0 aromatic rings. The number of nitrogens with zero attached hydrogens (tertiary/aromatic N) is 2. The predicted octanol–water partition coefficient (Wildman–Crippen LogP) is -1.03. The molecule has 1 saturated heterocycles. The van der Waals surface area contributed by atoms with E-state index in [0.29, 0.717) is 26.2 Å². The van der Waals surface area contributed by atoms with E-state index in [-0.39, 0.29) is 17.9 Å². The summed E-state index contributed by atoms with van der Waals surface area (Å²) in [6.45, 7) is 7.76. The molecule has 1 rings (SSSR count). The number of hydrogen-bond acceptors (Lipinski definition) is 5. The van der Waals surface area contributed by atoms with E-state index in [1.54, 1.807) is 6.92 Å². The number of hydrogen-bond donors (Lipinski definition) is 3. The number of rotatable bonds is 6. The van der Waals surface area contributed by atoms with Crippen molar-refractivity contribution in [2.75, 3.05) is 46.3 Å². The predicted molar refractivity (Wildman–Crippen MR) is 83.4 cm³/mol. The highest BCUT2D eigenvalue weighted by Crippen LogP contribution is 2.06. The molecule has 4 amide bonds. The molecule has 0 aromatic carbocycles. The number of carbonyl (C=O) groups excluding carboxylic acids is 3. The molecule has 0 radical (unpaired) electrons. The smallest absolute Gasteiger partial charge is 0.321 e. The fourth-order valence-corrected chi connectivity index (χ4v) is 2.28. The van der Waals surface area contributed by atoms with E-state index in [1.807, 2.05) is 11.8 Å². The first kappa shape index (κ1) is 18.4. The molecule has 1 fully saturated rings. The Morgan fingerprint density at radius 1 is 1.14 bits per heavy atom. The molecule has 126 valence electrons. The third-order valence-corrected chi connectivity index (χ3v) is 3.74. The maximum atomic E-state index is 11.9. The average Bonchev–Trinajstić information content (AvgIpc) is 2.52. The van der Waals surface area contributed by atoms with Crippen molar-refractivity contribution in [3.8, 4) is 0 Å². The number of amides is 4. The first-order valence-electron chi connectivity index (χ1n) is 7.73. The van der Waals surface area contributed by atoms with Gasteiger partial charge in [-0.1, -0.05) is 6.92 Å². The van der Waals surface area contributed by atoms with Crippen molar-refractivity contribution < 1.29 is 14.4 Å². The summed E-state index contributed by atoms with van der Waals surface area (Å²) in [7, 11) is 1.47. The van der Waals surface area contributed by atoms with E-state index >= 15 is 0 Å². The van der Waals surface area contributed by atoms with Gasteiger partial charge in [-0.2, -0.15) is 0 Å². The zero-order valence-electron chi connectivity index (χ0n) is 13.6. The van der Waals surface area contributed by atoms with Crippen LogP contribution in [0.15, 0.2) is 0 Å². The second-order valence-corrected chi connectivity index (χ2v) is 5.41. The molecule has 1 aliphatic rings. The Labute approximate surface area is 131 Å². The van der Waals surface area contributed by atoms with Gasteiger partial charge < -0.3 is 10.6 Å². The van der Waals surface area contributed by atoms with Crippen LogP contribution in [0.2, 0.25) is 0 Å².